The second-order valence-electron chi connectivity index (χ2n) is 7.73. The van der Waals surface area contributed by atoms with Crippen LogP contribution in [-0.4, -0.2) is 37.4 Å². The fraction of sp³-hybridized carbons (Fsp3) is 0.111. The van der Waals surface area contributed by atoms with E-state index in [0.717, 1.165) is 16.8 Å². The van der Waals surface area contributed by atoms with E-state index < -0.39 is 0 Å². The van der Waals surface area contributed by atoms with Crippen molar-refractivity contribution in [2.45, 2.75) is 0 Å². The first-order valence-corrected chi connectivity index (χ1v) is 11.1. The lowest BCUT2D eigenvalue weighted by atomic mass is 10.1. The molecule has 0 unspecified atom stereocenters. The number of amidine groups is 1. The van der Waals surface area contributed by atoms with Crippen LogP contribution >= 0.6 is 11.6 Å². The van der Waals surface area contributed by atoms with E-state index in [1.165, 1.54) is 0 Å². The van der Waals surface area contributed by atoms with Crippen LogP contribution in [0.4, 0.5) is 5.69 Å². The molecule has 1 amide bonds. The van der Waals surface area contributed by atoms with Gasteiger partial charge in [0.1, 0.15) is 16.7 Å². The Balaban J connectivity index is 1.67. The number of hydrogen-bond donors (Lipinski definition) is 0. The Morgan fingerprint density at radius 1 is 0.853 bits per heavy atom. The van der Waals surface area contributed by atoms with Crippen molar-refractivity contribution < 1.29 is 14.3 Å². The zero-order valence-corrected chi connectivity index (χ0v) is 19.5. The minimum Gasteiger partial charge on any atom is -0.497 e. The number of amides is 1. The highest BCUT2D eigenvalue weighted by Crippen LogP contribution is 2.41. The van der Waals surface area contributed by atoms with Crippen molar-refractivity contribution in [3.63, 3.8) is 0 Å². The van der Waals surface area contributed by atoms with E-state index in [1.807, 2.05) is 84.9 Å². The number of rotatable bonds is 5. The molecule has 0 radical (unpaired) electrons. The Morgan fingerprint density at radius 2 is 1.47 bits per heavy atom. The summed E-state index contributed by atoms with van der Waals surface area (Å²) in [5.74, 6) is 1.45. The van der Waals surface area contributed by atoms with Crippen LogP contribution in [0.3, 0.4) is 0 Å². The maximum Gasteiger partial charge on any atom is 0.298 e. The van der Waals surface area contributed by atoms with Crippen LogP contribution in [0.5, 0.6) is 11.5 Å². The second kappa shape index (κ2) is 9.08. The zero-order valence-electron chi connectivity index (χ0n) is 18.7. The lowest BCUT2D eigenvalue weighted by Gasteiger charge is -2.36. The number of hydrogen-bond acceptors (Lipinski definition) is 5. The molecule has 7 heteroatoms. The zero-order chi connectivity index (χ0) is 23.7. The van der Waals surface area contributed by atoms with Crippen molar-refractivity contribution in [1.29, 1.82) is 0 Å². The van der Waals surface area contributed by atoms with Crippen LogP contribution in [0.1, 0.15) is 11.1 Å². The number of aliphatic imine (C=N–C) groups is 1. The minimum absolute atomic E-state index is 0.253. The Kier molecular flexibility index (Phi) is 5.82. The van der Waals surface area contributed by atoms with Crippen molar-refractivity contribution in [2.24, 2.45) is 4.99 Å². The lowest BCUT2D eigenvalue weighted by Crippen LogP contribution is -2.47. The van der Waals surface area contributed by atoms with E-state index in [2.05, 4.69) is 4.99 Å². The van der Waals surface area contributed by atoms with Gasteiger partial charge in [-0.1, -0.05) is 41.9 Å². The summed E-state index contributed by atoms with van der Waals surface area (Å²) in [5, 5.41) is 0.402. The maximum atomic E-state index is 13.8. The molecule has 3 aromatic carbocycles. The average Bonchev–Trinajstić information content (AvgIpc) is 3.31. The SMILES string of the molecule is COc1ccc(C2=C(Cl)N3C(=NC/C3=C/c3ccccc3)C(=O)N2c2ccc(OC)cc2)cc1. The number of carbonyl (C=O) groups is 1. The number of ether oxygens (including phenoxy) is 2. The molecule has 2 heterocycles. The predicted molar refractivity (Wildman–Crippen MR) is 135 cm³/mol. The van der Waals surface area contributed by atoms with Crippen molar-refractivity contribution in [3.8, 4) is 11.5 Å². The van der Waals surface area contributed by atoms with Gasteiger partial charge in [-0.25, -0.2) is 0 Å². The number of carbonyl (C=O) groups excluding carboxylic acids is 1. The van der Waals surface area contributed by atoms with Crippen molar-refractivity contribution in [2.75, 3.05) is 25.7 Å². The summed E-state index contributed by atoms with van der Waals surface area (Å²) in [6.07, 6.45) is 2.00. The van der Waals surface area contributed by atoms with Gasteiger partial charge in [0.15, 0.2) is 0 Å². The first-order valence-electron chi connectivity index (χ1n) is 10.7. The number of fused-ring (bicyclic) bond motifs is 1. The summed E-state index contributed by atoms with van der Waals surface area (Å²) in [4.78, 5) is 21.7. The van der Waals surface area contributed by atoms with Gasteiger partial charge < -0.3 is 9.47 Å². The van der Waals surface area contributed by atoms with Crippen molar-refractivity contribution in [1.82, 2.24) is 4.90 Å². The highest BCUT2D eigenvalue weighted by molar-refractivity contribution is 6.51. The Bertz CT molecular complexity index is 1310. The summed E-state index contributed by atoms with van der Waals surface area (Å²) in [6.45, 7) is 0.360. The Morgan fingerprint density at radius 3 is 2.09 bits per heavy atom. The fourth-order valence-electron chi connectivity index (χ4n) is 4.04. The quantitative estimate of drug-likeness (QED) is 0.469. The molecule has 0 saturated carbocycles. The van der Waals surface area contributed by atoms with Crippen LogP contribution in [0, 0.1) is 0 Å². The molecular weight excluding hydrogens is 450 g/mol. The third kappa shape index (κ3) is 3.82. The molecule has 170 valence electrons. The topological polar surface area (TPSA) is 54.4 Å². The molecule has 0 aliphatic carbocycles. The van der Waals surface area contributed by atoms with Gasteiger partial charge in [-0.15, -0.1) is 0 Å². The van der Waals surface area contributed by atoms with Crippen LogP contribution in [-0.2, 0) is 4.79 Å². The van der Waals surface area contributed by atoms with Gasteiger partial charge in [-0.3, -0.25) is 19.6 Å². The van der Waals surface area contributed by atoms with E-state index >= 15 is 0 Å². The molecule has 3 aromatic rings. The molecule has 0 fully saturated rings. The van der Waals surface area contributed by atoms with E-state index in [-0.39, 0.29) is 5.91 Å². The third-order valence-electron chi connectivity index (χ3n) is 5.73. The molecule has 0 saturated heterocycles. The number of nitrogens with zero attached hydrogens (tertiary/aromatic N) is 3. The largest absolute Gasteiger partial charge is 0.497 e. The third-order valence-corrected chi connectivity index (χ3v) is 6.07. The Labute approximate surface area is 203 Å². The summed E-state index contributed by atoms with van der Waals surface area (Å²) in [7, 11) is 3.22. The van der Waals surface area contributed by atoms with Crippen LogP contribution < -0.4 is 14.4 Å². The predicted octanol–water partition coefficient (Wildman–Crippen LogP) is 5.37. The Hall–Kier alpha value is -4.03. The van der Waals surface area contributed by atoms with Crippen LogP contribution in [0.15, 0.2) is 94.7 Å². The minimum atomic E-state index is -0.253. The summed E-state index contributed by atoms with van der Waals surface area (Å²) >= 11 is 7.06. The number of methoxy groups -OCH3 is 2. The van der Waals surface area contributed by atoms with Gasteiger partial charge in [-0.2, -0.15) is 0 Å². The number of anilines is 1. The van der Waals surface area contributed by atoms with E-state index in [0.29, 0.717) is 40.4 Å². The van der Waals surface area contributed by atoms with Gasteiger partial charge in [0, 0.05) is 16.9 Å². The summed E-state index contributed by atoms with van der Waals surface area (Å²) in [6, 6.07) is 24.7. The van der Waals surface area contributed by atoms with Gasteiger partial charge in [0.2, 0.25) is 5.84 Å². The van der Waals surface area contributed by atoms with Crippen LogP contribution in [0.2, 0.25) is 0 Å². The monoisotopic (exact) mass is 471 g/mol. The van der Waals surface area contributed by atoms with Crippen LogP contribution in [0.25, 0.3) is 11.8 Å². The van der Waals surface area contributed by atoms with Gasteiger partial charge in [0.25, 0.3) is 5.91 Å². The summed E-state index contributed by atoms with van der Waals surface area (Å²) in [5.41, 5.74) is 3.85. The van der Waals surface area contributed by atoms with Gasteiger partial charge in [0.05, 0.1) is 26.5 Å². The number of benzene rings is 3. The number of halogens is 1. The molecule has 0 aromatic heterocycles. The molecule has 0 bridgehead atoms. The normalized spacial score (nSPS) is 16.6. The maximum absolute atomic E-state index is 13.8. The molecule has 0 spiro atoms. The highest BCUT2D eigenvalue weighted by atomic mass is 35.5. The van der Waals surface area contributed by atoms with Gasteiger partial charge >= 0.3 is 0 Å². The fourth-order valence-corrected chi connectivity index (χ4v) is 4.42. The first kappa shape index (κ1) is 21.8. The lowest BCUT2D eigenvalue weighted by molar-refractivity contribution is -0.112. The molecule has 2 aliphatic rings. The van der Waals surface area contributed by atoms with E-state index in [4.69, 9.17) is 21.1 Å². The summed E-state index contributed by atoms with van der Waals surface area (Å²) < 4.78 is 10.6. The molecule has 5 rings (SSSR count). The average molecular weight is 472 g/mol. The molecule has 6 nitrogen and oxygen atoms in total. The molecule has 2 aliphatic heterocycles. The smallest absolute Gasteiger partial charge is 0.298 e. The van der Waals surface area contributed by atoms with Crippen molar-refractivity contribution in [3.05, 3.63) is 101 Å². The molecular formula is C27H22ClN3O3. The van der Waals surface area contributed by atoms with E-state index in [1.54, 1.807) is 24.0 Å². The molecule has 0 atom stereocenters. The first-order chi connectivity index (χ1) is 16.6. The van der Waals surface area contributed by atoms with Crippen molar-refractivity contribution >= 4 is 40.8 Å². The van der Waals surface area contributed by atoms with Gasteiger partial charge in [-0.05, 0) is 60.2 Å². The molecule has 0 N–H and O–H groups in total. The second-order valence-corrected chi connectivity index (χ2v) is 8.09. The standard InChI is InChI=1S/C27H22ClN3O3/c1-33-22-12-8-19(9-13-22)24-25(28)31-21(16-18-6-4-3-5-7-18)17-29-26(31)27(32)30(24)20-10-14-23(34-2)15-11-20/h3-16H,17H2,1-2H3/b21-16-. The molecule has 34 heavy (non-hydrogen) atoms. The van der Waals surface area contributed by atoms with E-state index in [9.17, 15) is 4.79 Å². The highest BCUT2D eigenvalue weighted by Gasteiger charge is 2.42.